The normalized spacial score (nSPS) is 20.1. The van der Waals surface area contributed by atoms with Crippen molar-refractivity contribution < 1.29 is 9.53 Å². The van der Waals surface area contributed by atoms with E-state index in [0.717, 1.165) is 58.6 Å². The zero-order valence-electron chi connectivity index (χ0n) is 22.8. The van der Waals surface area contributed by atoms with Crippen molar-refractivity contribution in [1.82, 2.24) is 0 Å². The molecule has 0 amide bonds. The second-order valence-electron chi connectivity index (χ2n) is 10.8. The van der Waals surface area contributed by atoms with Gasteiger partial charge in [0.15, 0.2) is 5.60 Å². The average molecular weight is 496 g/mol. The molecule has 2 aliphatic rings. The Morgan fingerprint density at radius 2 is 1.03 bits per heavy atom. The summed E-state index contributed by atoms with van der Waals surface area (Å²) >= 11 is 0. The molecule has 5 heteroatoms. The summed E-state index contributed by atoms with van der Waals surface area (Å²) in [5.74, 6) is -0.218. The molecule has 3 aromatic carbocycles. The van der Waals surface area contributed by atoms with Crippen molar-refractivity contribution in [1.29, 1.82) is 0 Å². The Kier molecular flexibility index (Phi) is 6.26. The number of benzene rings is 3. The molecule has 5 rings (SSSR count). The molecule has 37 heavy (non-hydrogen) atoms. The van der Waals surface area contributed by atoms with Gasteiger partial charge in [-0.2, -0.15) is 0 Å². The van der Waals surface area contributed by atoms with E-state index in [-0.39, 0.29) is 5.97 Å². The van der Waals surface area contributed by atoms with Gasteiger partial charge in [0, 0.05) is 76.0 Å². The fourth-order valence-corrected chi connectivity index (χ4v) is 6.14. The van der Waals surface area contributed by atoms with Crippen molar-refractivity contribution in [2.45, 2.75) is 30.3 Å². The van der Waals surface area contributed by atoms with E-state index >= 15 is 0 Å². The highest BCUT2D eigenvalue weighted by molar-refractivity contribution is 5.97. The molecule has 0 N–H and O–H groups in total. The first-order chi connectivity index (χ1) is 17.7. The highest BCUT2D eigenvalue weighted by Crippen LogP contribution is 2.62. The van der Waals surface area contributed by atoms with Crippen molar-refractivity contribution in [3.63, 3.8) is 0 Å². The average Bonchev–Trinajstić information content (AvgIpc) is 3.19. The van der Waals surface area contributed by atoms with Gasteiger partial charge >= 0.3 is 5.97 Å². The minimum Gasteiger partial charge on any atom is -0.444 e. The molecule has 1 fully saturated rings. The van der Waals surface area contributed by atoms with Crippen LogP contribution in [0.1, 0.15) is 36.0 Å². The molecule has 1 unspecified atom stereocenters. The molecule has 0 aromatic heterocycles. The number of allylic oxidation sites excluding steroid dienone is 1. The van der Waals surface area contributed by atoms with Gasteiger partial charge in [0.05, 0.1) is 5.41 Å². The molecule has 5 nitrogen and oxygen atoms in total. The Bertz CT molecular complexity index is 1250. The molecule has 1 aliphatic heterocycles. The van der Waals surface area contributed by atoms with Gasteiger partial charge in [-0.15, -0.1) is 0 Å². The Balaban J connectivity index is 1.82. The number of hydrogen-bond acceptors (Lipinski definition) is 5. The molecule has 1 aliphatic carbocycles. The number of cyclic esters (lactones) is 1. The molecule has 1 atom stereocenters. The van der Waals surface area contributed by atoms with Crippen molar-refractivity contribution in [2.75, 3.05) is 57.0 Å². The molecular formula is C32H37N3O2. The Hall–Kier alpha value is -3.73. The highest BCUT2D eigenvalue weighted by atomic mass is 16.6. The maximum atomic E-state index is 13.8. The van der Waals surface area contributed by atoms with E-state index in [1.54, 1.807) is 0 Å². The van der Waals surface area contributed by atoms with Crippen LogP contribution in [0, 0.1) is 0 Å². The molecule has 0 radical (unpaired) electrons. The van der Waals surface area contributed by atoms with E-state index in [1.165, 1.54) is 0 Å². The van der Waals surface area contributed by atoms with E-state index in [4.69, 9.17) is 4.74 Å². The van der Waals surface area contributed by atoms with Gasteiger partial charge in [-0.25, -0.2) is 4.79 Å². The number of fused-ring (bicyclic) bond motifs is 1. The van der Waals surface area contributed by atoms with Gasteiger partial charge in [-0.3, -0.25) is 0 Å². The molecular weight excluding hydrogens is 458 g/mol. The Labute approximate surface area is 221 Å². The van der Waals surface area contributed by atoms with Crippen LogP contribution in [-0.2, 0) is 20.5 Å². The van der Waals surface area contributed by atoms with Crippen LogP contribution in [0.5, 0.6) is 0 Å². The third kappa shape index (κ3) is 3.79. The van der Waals surface area contributed by atoms with Crippen molar-refractivity contribution in [2.24, 2.45) is 0 Å². The summed E-state index contributed by atoms with van der Waals surface area (Å²) in [6, 6.07) is 25.7. The summed E-state index contributed by atoms with van der Waals surface area (Å²) in [6.45, 7) is 0. The van der Waals surface area contributed by atoms with E-state index in [9.17, 15) is 4.79 Å². The van der Waals surface area contributed by atoms with E-state index < -0.39 is 11.0 Å². The number of anilines is 3. The van der Waals surface area contributed by atoms with E-state index in [0.29, 0.717) is 0 Å². The number of carbonyl (C=O) groups is 1. The topological polar surface area (TPSA) is 36.0 Å². The summed E-state index contributed by atoms with van der Waals surface area (Å²) in [7, 11) is 12.2. The third-order valence-corrected chi connectivity index (χ3v) is 8.09. The van der Waals surface area contributed by atoms with Crippen molar-refractivity contribution in [3.8, 4) is 0 Å². The summed E-state index contributed by atoms with van der Waals surface area (Å²) < 4.78 is 6.66. The Morgan fingerprint density at radius 1 is 0.622 bits per heavy atom. The molecule has 192 valence electrons. The zero-order chi connectivity index (χ0) is 26.4. The van der Waals surface area contributed by atoms with Gasteiger partial charge in [0.2, 0.25) is 0 Å². The first-order valence-electron chi connectivity index (χ1n) is 13.0. The van der Waals surface area contributed by atoms with Crippen LogP contribution in [0.15, 0.2) is 84.4 Å². The first-order valence-corrected chi connectivity index (χ1v) is 13.0. The summed E-state index contributed by atoms with van der Waals surface area (Å²) in [5.41, 5.74) is 5.61. The van der Waals surface area contributed by atoms with Crippen LogP contribution in [-0.4, -0.2) is 48.3 Å². The maximum absolute atomic E-state index is 13.8. The fraction of sp³-hybridized carbons (Fsp3) is 0.344. The van der Waals surface area contributed by atoms with Crippen LogP contribution in [0.4, 0.5) is 17.1 Å². The van der Waals surface area contributed by atoms with Crippen molar-refractivity contribution in [3.05, 3.63) is 101 Å². The smallest absolute Gasteiger partial charge is 0.336 e. The minimum absolute atomic E-state index is 0.218. The standard InChI is InChI=1S/C32H37N3O2/c1-33(2)26-16-10-23(11-17-26)31-22-8-7-9-29(31)30(36)37-32(31,24-12-18-27(19-13-24)34(3)4)25-14-20-28(21-15-25)35(5)6/h9-21H,7-8,22H2,1-6H3. The summed E-state index contributed by atoms with van der Waals surface area (Å²) in [6.07, 6.45) is 4.83. The number of rotatable bonds is 6. The van der Waals surface area contributed by atoms with Gasteiger partial charge in [-0.05, 0) is 61.2 Å². The zero-order valence-corrected chi connectivity index (χ0v) is 22.8. The monoisotopic (exact) mass is 495 g/mol. The second kappa shape index (κ2) is 9.29. The number of carbonyl (C=O) groups excluding carboxylic acids is 1. The van der Waals surface area contributed by atoms with Gasteiger partial charge in [0.1, 0.15) is 0 Å². The SMILES string of the molecule is CN(C)c1ccc(C23CCCC=C2C(=O)OC3(c2ccc(N(C)C)cc2)c2ccc(N(C)C)cc2)cc1. The third-order valence-electron chi connectivity index (χ3n) is 8.09. The minimum atomic E-state index is -0.981. The lowest BCUT2D eigenvalue weighted by Crippen LogP contribution is -2.48. The van der Waals surface area contributed by atoms with Crippen LogP contribution >= 0.6 is 0 Å². The van der Waals surface area contributed by atoms with Gasteiger partial charge < -0.3 is 19.4 Å². The van der Waals surface area contributed by atoms with E-state index in [2.05, 4.69) is 93.6 Å². The van der Waals surface area contributed by atoms with Crippen LogP contribution in [0.2, 0.25) is 0 Å². The van der Waals surface area contributed by atoms with Crippen LogP contribution in [0.3, 0.4) is 0 Å². The molecule has 0 saturated carbocycles. The number of hydrogen-bond donors (Lipinski definition) is 0. The Morgan fingerprint density at radius 3 is 1.43 bits per heavy atom. The molecule has 1 saturated heterocycles. The van der Waals surface area contributed by atoms with E-state index in [1.807, 2.05) is 42.3 Å². The van der Waals surface area contributed by atoms with Gasteiger partial charge in [-0.1, -0.05) is 42.5 Å². The second-order valence-corrected chi connectivity index (χ2v) is 10.8. The van der Waals surface area contributed by atoms with Gasteiger partial charge in [0.25, 0.3) is 0 Å². The number of nitrogens with zero attached hydrogens (tertiary/aromatic N) is 3. The molecule has 1 heterocycles. The largest absolute Gasteiger partial charge is 0.444 e. The van der Waals surface area contributed by atoms with Crippen LogP contribution < -0.4 is 14.7 Å². The summed E-state index contributed by atoms with van der Waals surface area (Å²) in [5, 5.41) is 0. The van der Waals surface area contributed by atoms with Crippen LogP contribution in [0.25, 0.3) is 0 Å². The quantitative estimate of drug-likeness (QED) is 0.408. The fourth-order valence-electron chi connectivity index (χ4n) is 6.14. The number of esters is 1. The molecule has 0 spiro atoms. The highest BCUT2D eigenvalue weighted by Gasteiger charge is 2.66. The predicted octanol–water partition coefficient (Wildman–Crippen LogP) is 5.73. The van der Waals surface area contributed by atoms with Crippen molar-refractivity contribution >= 4 is 23.0 Å². The lowest BCUT2D eigenvalue weighted by molar-refractivity contribution is -0.146. The first kappa shape index (κ1) is 24.9. The summed E-state index contributed by atoms with van der Waals surface area (Å²) in [4.78, 5) is 20.0. The molecule has 3 aromatic rings. The lowest BCUT2D eigenvalue weighted by atomic mass is 9.56. The lowest BCUT2D eigenvalue weighted by Gasteiger charge is -2.46. The maximum Gasteiger partial charge on any atom is 0.336 e. The molecule has 0 bridgehead atoms. The predicted molar refractivity (Wildman–Crippen MR) is 153 cm³/mol. The number of ether oxygens (including phenoxy) is 1.